The van der Waals surface area contributed by atoms with Crippen molar-refractivity contribution in [1.82, 2.24) is 14.5 Å². The molecule has 0 radical (unpaired) electrons. The molecule has 0 aliphatic heterocycles. The van der Waals surface area contributed by atoms with Crippen LogP contribution >= 0.6 is 0 Å². The van der Waals surface area contributed by atoms with E-state index < -0.39 is 62.7 Å². The highest BCUT2D eigenvalue weighted by atomic mass is 32.2. The number of hydrogen-bond donors (Lipinski definition) is 3. The van der Waals surface area contributed by atoms with Crippen molar-refractivity contribution in [3.8, 4) is 0 Å². The molecule has 0 aliphatic carbocycles. The summed E-state index contributed by atoms with van der Waals surface area (Å²) >= 11 is 0. The van der Waals surface area contributed by atoms with Gasteiger partial charge in [-0.2, -0.15) is 4.31 Å². The van der Waals surface area contributed by atoms with Crippen LogP contribution in [0.4, 0.5) is 5.69 Å². The fourth-order valence-corrected chi connectivity index (χ4v) is 5.27. The van der Waals surface area contributed by atoms with Gasteiger partial charge in [0.05, 0.1) is 16.2 Å². The van der Waals surface area contributed by atoms with Crippen LogP contribution in [0.25, 0.3) is 0 Å². The lowest BCUT2D eigenvalue weighted by atomic mass is 9.99. The Morgan fingerprint density at radius 1 is 1.00 bits per heavy atom. The Morgan fingerprint density at radius 2 is 1.55 bits per heavy atom. The first-order chi connectivity index (χ1) is 18.5. The van der Waals surface area contributed by atoms with Crippen molar-refractivity contribution < 1.29 is 42.7 Å². The molecule has 0 saturated heterocycles. The van der Waals surface area contributed by atoms with Gasteiger partial charge in [0.2, 0.25) is 21.8 Å². The van der Waals surface area contributed by atoms with E-state index in [2.05, 4.69) is 5.32 Å². The van der Waals surface area contributed by atoms with Crippen LogP contribution in [0.2, 0.25) is 0 Å². The number of carboxylic acid groups (broad SMARTS) is 2. The summed E-state index contributed by atoms with van der Waals surface area (Å²) in [5.74, 6) is -4.83. The van der Waals surface area contributed by atoms with Crippen LogP contribution < -0.4 is 5.32 Å². The molecular formula is C25H30N4O10S. The van der Waals surface area contributed by atoms with E-state index in [0.29, 0.717) is 5.56 Å². The predicted molar refractivity (Wildman–Crippen MR) is 141 cm³/mol. The molecule has 15 heteroatoms. The predicted octanol–water partition coefficient (Wildman–Crippen LogP) is 1.11. The van der Waals surface area contributed by atoms with Gasteiger partial charge in [0.1, 0.15) is 17.6 Å². The van der Waals surface area contributed by atoms with Crippen molar-refractivity contribution in [2.75, 3.05) is 14.1 Å². The fraction of sp³-hybridized carbons (Fsp3) is 0.360. The SMILES string of the molecule is CN(C(=O)C(C)(C)N(C)S(=O)(=O)c1ccc([N+](=O)[O-])cc1)[C@@H](Cc1ccccc1)C(=O)N[C@@H](CC(=O)O)C(=O)O. The van der Waals surface area contributed by atoms with E-state index in [1.807, 2.05) is 0 Å². The van der Waals surface area contributed by atoms with Crippen molar-refractivity contribution >= 4 is 39.5 Å². The standard InChI is InChI=1S/C25H30N4O10S/c1-25(2,28(4)40(38,39)18-12-10-17(11-13-18)29(36)37)24(35)27(3)20(14-16-8-6-5-7-9-16)22(32)26-19(23(33)34)15-21(30)31/h5-13,19-20H,14-15H2,1-4H3,(H,26,32)(H,30,31)(H,33,34)/t19-,20-/m0/s1. The molecule has 0 aromatic heterocycles. The number of nitro groups is 1. The number of nitrogens with zero attached hydrogens (tertiary/aromatic N) is 3. The highest BCUT2D eigenvalue weighted by Crippen LogP contribution is 2.27. The van der Waals surface area contributed by atoms with Gasteiger partial charge in [0.25, 0.3) is 5.69 Å². The van der Waals surface area contributed by atoms with Crippen LogP contribution in [-0.4, -0.2) is 88.2 Å². The molecule has 216 valence electrons. The Labute approximate surface area is 230 Å². The first-order valence-corrected chi connectivity index (χ1v) is 13.2. The largest absolute Gasteiger partial charge is 0.481 e. The molecule has 0 heterocycles. The van der Waals surface area contributed by atoms with Crippen LogP contribution in [0.1, 0.15) is 25.8 Å². The zero-order valence-electron chi connectivity index (χ0n) is 22.2. The minimum atomic E-state index is -4.35. The second-order valence-corrected chi connectivity index (χ2v) is 11.4. The minimum absolute atomic E-state index is 0.0940. The maximum Gasteiger partial charge on any atom is 0.326 e. The molecular weight excluding hydrogens is 548 g/mol. The third kappa shape index (κ3) is 7.39. The van der Waals surface area contributed by atoms with E-state index in [0.717, 1.165) is 40.5 Å². The Balaban J connectivity index is 2.42. The molecule has 0 unspecified atom stereocenters. The van der Waals surface area contributed by atoms with E-state index in [-0.39, 0.29) is 17.0 Å². The summed E-state index contributed by atoms with van der Waals surface area (Å²) in [7, 11) is -1.96. The third-order valence-electron chi connectivity index (χ3n) is 6.37. The second-order valence-electron chi connectivity index (χ2n) is 9.40. The van der Waals surface area contributed by atoms with Crippen molar-refractivity contribution in [1.29, 1.82) is 0 Å². The lowest BCUT2D eigenvalue weighted by Crippen LogP contribution is -2.61. The number of sulfonamides is 1. The molecule has 2 atom stereocenters. The number of nitro benzene ring substituents is 1. The number of aliphatic carboxylic acids is 2. The maximum atomic E-state index is 13.7. The molecule has 0 aliphatic rings. The first-order valence-electron chi connectivity index (χ1n) is 11.8. The Kier molecular flexibility index (Phi) is 10.1. The number of carbonyl (C=O) groups excluding carboxylic acids is 2. The zero-order chi connectivity index (χ0) is 30.4. The van der Waals surface area contributed by atoms with Gasteiger partial charge in [-0.25, -0.2) is 13.2 Å². The number of hydrogen-bond acceptors (Lipinski definition) is 8. The molecule has 2 amide bonds. The number of rotatable bonds is 13. The van der Waals surface area contributed by atoms with Crippen LogP contribution in [0.15, 0.2) is 59.5 Å². The van der Waals surface area contributed by atoms with Gasteiger partial charge in [0, 0.05) is 32.6 Å². The monoisotopic (exact) mass is 578 g/mol. The van der Waals surface area contributed by atoms with Crippen molar-refractivity contribution in [3.05, 3.63) is 70.3 Å². The number of benzene rings is 2. The highest BCUT2D eigenvalue weighted by Gasteiger charge is 2.44. The van der Waals surface area contributed by atoms with Crippen LogP contribution in [0.3, 0.4) is 0 Å². The van der Waals surface area contributed by atoms with Crippen molar-refractivity contribution in [2.24, 2.45) is 0 Å². The maximum absolute atomic E-state index is 13.7. The van der Waals surface area contributed by atoms with Gasteiger partial charge in [-0.15, -0.1) is 0 Å². The second kappa shape index (κ2) is 12.7. The quantitative estimate of drug-likeness (QED) is 0.228. The molecule has 14 nitrogen and oxygen atoms in total. The summed E-state index contributed by atoms with van der Waals surface area (Å²) < 4.78 is 27.3. The van der Waals surface area contributed by atoms with Crippen LogP contribution in [0.5, 0.6) is 0 Å². The smallest absolute Gasteiger partial charge is 0.326 e. The lowest BCUT2D eigenvalue weighted by molar-refractivity contribution is -0.384. The van der Waals surface area contributed by atoms with Crippen LogP contribution in [-0.2, 0) is 35.6 Å². The topological polar surface area (TPSA) is 205 Å². The van der Waals surface area contributed by atoms with Gasteiger partial charge in [-0.05, 0) is 31.5 Å². The van der Waals surface area contributed by atoms with E-state index in [9.17, 15) is 42.8 Å². The summed E-state index contributed by atoms with van der Waals surface area (Å²) in [6.07, 6.45) is -0.998. The molecule has 0 bridgehead atoms. The van der Waals surface area contributed by atoms with Gasteiger partial charge < -0.3 is 20.4 Å². The molecule has 40 heavy (non-hydrogen) atoms. The van der Waals surface area contributed by atoms with E-state index in [1.54, 1.807) is 30.3 Å². The number of carbonyl (C=O) groups is 4. The van der Waals surface area contributed by atoms with Gasteiger partial charge in [-0.3, -0.25) is 24.5 Å². The third-order valence-corrected chi connectivity index (χ3v) is 8.42. The number of likely N-dealkylation sites (N-methyl/N-ethyl adjacent to an activating group) is 2. The van der Waals surface area contributed by atoms with E-state index in [4.69, 9.17) is 5.11 Å². The molecule has 2 aromatic rings. The fourth-order valence-electron chi connectivity index (χ4n) is 3.79. The first kappa shape index (κ1) is 31.8. The summed E-state index contributed by atoms with van der Waals surface area (Å²) in [4.78, 5) is 60.5. The van der Waals surface area contributed by atoms with Crippen LogP contribution in [0, 0.1) is 10.1 Å². The molecule has 0 saturated carbocycles. The zero-order valence-corrected chi connectivity index (χ0v) is 23.0. The Hall–Kier alpha value is -4.37. The number of nitrogens with one attached hydrogen (secondary N) is 1. The molecule has 0 spiro atoms. The normalized spacial score (nSPS) is 13.2. The minimum Gasteiger partial charge on any atom is -0.481 e. The van der Waals surface area contributed by atoms with Gasteiger partial charge >= 0.3 is 11.9 Å². The van der Waals surface area contributed by atoms with E-state index >= 15 is 0 Å². The van der Waals surface area contributed by atoms with Crippen molar-refractivity contribution in [2.45, 2.75) is 49.2 Å². The number of carboxylic acids is 2. The molecule has 2 rings (SSSR count). The summed E-state index contributed by atoms with van der Waals surface area (Å²) in [5.41, 5.74) is -1.52. The van der Waals surface area contributed by atoms with Gasteiger partial charge in [-0.1, -0.05) is 30.3 Å². The Bertz CT molecular complexity index is 1380. The number of amides is 2. The molecule has 2 aromatic carbocycles. The lowest BCUT2D eigenvalue weighted by Gasteiger charge is -2.39. The average Bonchev–Trinajstić information content (AvgIpc) is 2.90. The average molecular weight is 579 g/mol. The molecule has 0 fully saturated rings. The summed E-state index contributed by atoms with van der Waals surface area (Å²) in [5, 5.41) is 31.5. The summed E-state index contributed by atoms with van der Waals surface area (Å²) in [6, 6.07) is 9.41. The molecule has 3 N–H and O–H groups in total. The van der Waals surface area contributed by atoms with Crippen molar-refractivity contribution in [3.63, 3.8) is 0 Å². The van der Waals surface area contributed by atoms with E-state index in [1.165, 1.54) is 20.9 Å². The Morgan fingerprint density at radius 3 is 2.02 bits per heavy atom. The van der Waals surface area contributed by atoms with Gasteiger partial charge in [0.15, 0.2) is 0 Å². The summed E-state index contributed by atoms with van der Waals surface area (Å²) in [6.45, 7) is 2.60. The highest BCUT2D eigenvalue weighted by molar-refractivity contribution is 7.89. The number of non-ortho nitro benzene ring substituents is 1.